The van der Waals surface area contributed by atoms with Crippen molar-refractivity contribution in [1.82, 2.24) is 4.90 Å². The molecule has 1 fully saturated rings. The zero-order chi connectivity index (χ0) is 15.1. The number of hydrogen-bond donors (Lipinski definition) is 0. The van der Waals surface area contributed by atoms with Crippen LogP contribution in [-0.4, -0.2) is 39.1 Å². The molecule has 6 heteroatoms. The zero-order valence-corrected chi connectivity index (χ0v) is 13.5. The minimum Gasteiger partial charge on any atom is -0.449 e. The van der Waals surface area contributed by atoms with E-state index in [-0.39, 0.29) is 11.9 Å². The maximum Gasteiger partial charge on any atom is 0.290 e. The molecule has 0 bridgehead atoms. The Balaban J connectivity index is 2.00. The smallest absolute Gasteiger partial charge is 0.290 e. The zero-order valence-electron chi connectivity index (χ0n) is 11.9. The number of hydrogen-bond acceptors (Lipinski definition) is 3. The quantitative estimate of drug-likeness (QED) is 0.810. The fourth-order valence-electron chi connectivity index (χ4n) is 2.71. The summed E-state index contributed by atoms with van der Waals surface area (Å²) in [5.41, 5.74) is 1.35. The molecule has 4 nitrogen and oxygen atoms in total. The fourth-order valence-corrected chi connectivity index (χ4v) is 4.21. The number of amides is 1. The highest BCUT2D eigenvalue weighted by atomic mass is 35.5. The first-order valence-electron chi connectivity index (χ1n) is 6.82. The number of nitrogens with zero attached hydrogens (tertiary/aromatic N) is 1. The van der Waals surface area contributed by atoms with Gasteiger partial charge in [-0.2, -0.15) is 0 Å². The van der Waals surface area contributed by atoms with Gasteiger partial charge in [0.05, 0.1) is 5.02 Å². The van der Waals surface area contributed by atoms with E-state index in [2.05, 4.69) is 0 Å². The Labute approximate surface area is 130 Å². The lowest BCUT2D eigenvalue weighted by Gasteiger charge is -2.32. The summed E-state index contributed by atoms with van der Waals surface area (Å²) in [5.74, 6) is 1.23. The number of rotatable bonds is 1. The highest BCUT2D eigenvalue weighted by molar-refractivity contribution is 7.85. The molecule has 0 aliphatic carbocycles. The molecule has 1 aliphatic rings. The monoisotopic (exact) mass is 325 g/mol. The second kappa shape index (κ2) is 5.46. The molecule has 2 atom stereocenters. The second-order valence-corrected chi connectivity index (χ2v) is 7.36. The summed E-state index contributed by atoms with van der Waals surface area (Å²) < 4.78 is 17.3. The average molecular weight is 326 g/mol. The lowest BCUT2D eigenvalue weighted by Crippen LogP contribution is -2.48. The van der Waals surface area contributed by atoms with Crippen LogP contribution in [-0.2, 0) is 10.8 Å². The Morgan fingerprint density at radius 1 is 1.48 bits per heavy atom. The summed E-state index contributed by atoms with van der Waals surface area (Å²) in [4.78, 5) is 14.4. The lowest BCUT2D eigenvalue weighted by atomic mass is 10.1. The van der Waals surface area contributed by atoms with Crippen LogP contribution in [0, 0.1) is 6.92 Å². The van der Waals surface area contributed by atoms with E-state index in [1.54, 1.807) is 11.0 Å². The van der Waals surface area contributed by atoms with Gasteiger partial charge in [-0.15, -0.1) is 0 Å². The third-order valence-electron chi connectivity index (χ3n) is 3.89. The van der Waals surface area contributed by atoms with Gasteiger partial charge in [0.2, 0.25) is 0 Å². The van der Waals surface area contributed by atoms with Crippen LogP contribution in [0.1, 0.15) is 23.0 Å². The number of halogens is 1. The van der Waals surface area contributed by atoms with E-state index in [0.29, 0.717) is 34.4 Å². The Morgan fingerprint density at radius 3 is 2.90 bits per heavy atom. The SMILES string of the molecule is Cc1c(C(=O)N2CC[S@](=O)C[C@@H]2C)oc2c(Cl)cccc12. The summed E-state index contributed by atoms with van der Waals surface area (Å²) in [6, 6.07) is 5.43. The molecule has 2 aromatic rings. The minimum atomic E-state index is -0.833. The summed E-state index contributed by atoms with van der Waals surface area (Å²) in [7, 11) is -0.833. The van der Waals surface area contributed by atoms with Crippen molar-refractivity contribution in [1.29, 1.82) is 0 Å². The third-order valence-corrected chi connectivity index (χ3v) is 5.68. The number of carbonyl (C=O) groups excluding carboxylic acids is 1. The van der Waals surface area contributed by atoms with Crippen LogP contribution in [0.15, 0.2) is 22.6 Å². The summed E-state index contributed by atoms with van der Waals surface area (Å²) in [5, 5.41) is 1.36. The van der Waals surface area contributed by atoms with Crippen molar-refractivity contribution in [2.75, 3.05) is 18.1 Å². The number of benzene rings is 1. The molecule has 1 aromatic carbocycles. The van der Waals surface area contributed by atoms with E-state index >= 15 is 0 Å². The number of carbonyl (C=O) groups is 1. The fraction of sp³-hybridized carbons (Fsp3) is 0.400. The molecular weight excluding hydrogens is 310 g/mol. The Hall–Kier alpha value is -1.33. The van der Waals surface area contributed by atoms with Crippen molar-refractivity contribution in [2.24, 2.45) is 0 Å². The van der Waals surface area contributed by atoms with Gasteiger partial charge in [-0.3, -0.25) is 9.00 Å². The molecule has 1 saturated heterocycles. The average Bonchev–Trinajstić information content (AvgIpc) is 2.77. The van der Waals surface area contributed by atoms with Gasteiger partial charge >= 0.3 is 0 Å². The highest BCUT2D eigenvalue weighted by Crippen LogP contribution is 2.31. The largest absolute Gasteiger partial charge is 0.449 e. The van der Waals surface area contributed by atoms with Crippen LogP contribution < -0.4 is 0 Å². The van der Waals surface area contributed by atoms with E-state index in [1.807, 2.05) is 26.0 Å². The molecule has 21 heavy (non-hydrogen) atoms. The first kappa shape index (κ1) is 14.6. The van der Waals surface area contributed by atoms with Crippen molar-refractivity contribution in [3.63, 3.8) is 0 Å². The van der Waals surface area contributed by atoms with Gasteiger partial charge in [0, 0.05) is 45.8 Å². The second-order valence-electron chi connectivity index (χ2n) is 5.33. The van der Waals surface area contributed by atoms with Crippen LogP contribution in [0.4, 0.5) is 0 Å². The maximum atomic E-state index is 12.7. The van der Waals surface area contributed by atoms with Crippen molar-refractivity contribution in [2.45, 2.75) is 19.9 Å². The number of aryl methyl sites for hydroxylation is 1. The predicted octanol–water partition coefficient (Wildman–Crippen LogP) is 2.99. The van der Waals surface area contributed by atoms with Gasteiger partial charge in [-0.25, -0.2) is 0 Å². The molecule has 1 aliphatic heterocycles. The van der Waals surface area contributed by atoms with E-state index in [0.717, 1.165) is 10.9 Å². The number of fused-ring (bicyclic) bond motifs is 1. The van der Waals surface area contributed by atoms with Gasteiger partial charge in [-0.05, 0) is 19.9 Å². The van der Waals surface area contributed by atoms with Crippen LogP contribution in [0.3, 0.4) is 0 Å². The van der Waals surface area contributed by atoms with Crippen molar-refractivity contribution >= 4 is 39.3 Å². The first-order chi connectivity index (χ1) is 9.99. The van der Waals surface area contributed by atoms with Crippen LogP contribution >= 0.6 is 11.6 Å². The Bertz CT molecular complexity index is 740. The van der Waals surface area contributed by atoms with Gasteiger partial charge in [-0.1, -0.05) is 23.7 Å². The molecule has 2 heterocycles. The first-order valence-corrected chi connectivity index (χ1v) is 8.69. The molecule has 0 N–H and O–H groups in total. The lowest BCUT2D eigenvalue weighted by molar-refractivity contribution is 0.0683. The molecule has 1 aromatic heterocycles. The van der Waals surface area contributed by atoms with Gasteiger partial charge in [0.25, 0.3) is 5.91 Å². The molecule has 0 radical (unpaired) electrons. The van der Waals surface area contributed by atoms with Crippen molar-refractivity contribution in [3.8, 4) is 0 Å². The molecular formula is C15H16ClNO3S. The highest BCUT2D eigenvalue weighted by Gasteiger charge is 2.31. The normalized spacial score (nSPS) is 22.7. The summed E-state index contributed by atoms with van der Waals surface area (Å²) in [6.07, 6.45) is 0. The van der Waals surface area contributed by atoms with E-state index in [4.69, 9.17) is 16.0 Å². The van der Waals surface area contributed by atoms with E-state index < -0.39 is 10.8 Å². The Morgan fingerprint density at radius 2 is 2.24 bits per heavy atom. The standard InChI is InChI=1S/C15H16ClNO3S/c1-9-8-21(19)7-6-17(9)15(18)13-10(2)11-4-3-5-12(16)14(11)20-13/h3-5,9H,6-8H2,1-2H3/t9-,21-/m0/s1. The van der Waals surface area contributed by atoms with E-state index in [9.17, 15) is 9.00 Å². The molecule has 0 saturated carbocycles. The van der Waals surface area contributed by atoms with Crippen molar-refractivity contribution in [3.05, 3.63) is 34.5 Å². The molecule has 0 unspecified atom stereocenters. The molecule has 3 rings (SSSR count). The third kappa shape index (κ3) is 2.49. The van der Waals surface area contributed by atoms with Gasteiger partial charge < -0.3 is 9.32 Å². The van der Waals surface area contributed by atoms with Crippen LogP contribution in [0.25, 0.3) is 11.0 Å². The van der Waals surface area contributed by atoms with Crippen molar-refractivity contribution < 1.29 is 13.4 Å². The number of para-hydroxylation sites is 1. The summed E-state index contributed by atoms with van der Waals surface area (Å²) >= 11 is 6.12. The number of furan rings is 1. The summed E-state index contributed by atoms with van der Waals surface area (Å²) in [6.45, 7) is 4.28. The molecule has 0 spiro atoms. The molecule has 112 valence electrons. The van der Waals surface area contributed by atoms with Crippen LogP contribution in [0.2, 0.25) is 5.02 Å². The molecule has 1 amide bonds. The maximum absolute atomic E-state index is 12.7. The van der Waals surface area contributed by atoms with Gasteiger partial charge in [0.15, 0.2) is 11.3 Å². The van der Waals surface area contributed by atoms with Crippen LogP contribution in [0.5, 0.6) is 0 Å². The van der Waals surface area contributed by atoms with Gasteiger partial charge in [0.1, 0.15) is 0 Å². The minimum absolute atomic E-state index is 0.0461. The topological polar surface area (TPSA) is 50.5 Å². The predicted molar refractivity (Wildman–Crippen MR) is 84.3 cm³/mol. The Kier molecular flexibility index (Phi) is 3.80. The van der Waals surface area contributed by atoms with E-state index in [1.165, 1.54) is 0 Å².